The largest absolute Gasteiger partial charge is 0.341 e. The second-order valence-corrected chi connectivity index (χ2v) is 18.2. The molecule has 1 fully saturated rings. The number of hydrogen-bond acceptors (Lipinski definition) is 1. The molecule has 0 heterocycles. The van der Waals surface area contributed by atoms with Crippen LogP contribution in [-0.4, -0.2) is 6.54 Å². The smallest absolute Gasteiger partial charge is 0.0710 e. The van der Waals surface area contributed by atoms with Gasteiger partial charge in [-0.3, -0.25) is 0 Å². The minimum Gasteiger partial charge on any atom is -0.341 e. The van der Waals surface area contributed by atoms with Crippen LogP contribution >= 0.6 is 0 Å². The Kier molecular flexibility index (Phi) is 10.2. The molecule has 312 valence electrons. The van der Waals surface area contributed by atoms with E-state index in [2.05, 4.69) is 232 Å². The Labute approximate surface area is 379 Å². The van der Waals surface area contributed by atoms with Gasteiger partial charge in [0.2, 0.25) is 0 Å². The lowest BCUT2D eigenvalue weighted by Gasteiger charge is -2.36. The molecule has 1 heteroatoms. The Hall–Kier alpha value is -6.96. The highest BCUT2D eigenvalue weighted by atomic mass is 15.1. The SMILES string of the molecule is C/C=C(\C=C/CN(/C(C)=C/C1=C(C)c2ccccc2C1(c1ccccc1)c1ccccc1)c1cc2ccccc2c2ccccc12)c1ccc2c(c1)-c1ccccc1C21CCCCC1. The molecule has 0 bridgehead atoms. The Morgan fingerprint density at radius 2 is 1.16 bits per heavy atom. The molecule has 1 saturated carbocycles. The third-order valence-electron chi connectivity index (χ3n) is 15.0. The fraction of sp³-hybridized carbons (Fsp3) is 0.175. The number of benzene rings is 8. The normalized spacial score (nSPS) is 16.4. The highest BCUT2D eigenvalue weighted by Crippen LogP contribution is 2.57. The van der Waals surface area contributed by atoms with E-state index in [1.165, 1.54) is 126 Å². The molecule has 0 unspecified atom stereocenters. The van der Waals surface area contributed by atoms with Gasteiger partial charge in [-0.1, -0.05) is 207 Å². The molecule has 0 atom stereocenters. The van der Waals surface area contributed by atoms with Gasteiger partial charge >= 0.3 is 0 Å². The molecule has 8 aromatic rings. The zero-order valence-corrected chi connectivity index (χ0v) is 37.3. The summed E-state index contributed by atoms with van der Waals surface area (Å²) in [5, 5.41) is 5.04. The fourth-order valence-corrected chi connectivity index (χ4v) is 12.0. The predicted molar refractivity (Wildman–Crippen MR) is 273 cm³/mol. The maximum absolute atomic E-state index is 2.55. The summed E-state index contributed by atoms with van der Waals surface area (Å²) >= 11 is 0. The van der Waals surface area contributed by atoms with Gasteiger partial charge in [0.15, 0.2) is 0 Å². The zero-order valence-electron chi connectivity index (χ0n) is 37.3. The van der Waals surface area contributed by atoms with E-state index in [0.29, 0.717) is 6.54 Å². The summed E-state index contributed by atoms with van der Waals surface area (Å²) in [4.78, 5) is 2.55. The van der Waals surface area contributed by atoms with Crippen molar-refractivity contribution < 1.29 is 0 Å². The lowest BCUT2D eigenvalue weighted by molar-refractivity contribution is 0.353. The summed E-state index contributed by atoms with van der Waals surface area (Å²) in [5.41, 5.74) is 18.3. The standard InChI is InChI=1S/C63H55N/c1-4-46(47-36-37-58-56(42-47)54-32-17-18-34-57(54)62(58)38-20-7-21-39-62)24-22-40-64(61-43-48-23-12-13-30-52(48)53-31-14-15-33-55(53)61)44(2)41-60-45(3)51-29-16-19-35-59(51)63(60,49-25-8-5-9-26-49)50-27-10-6-11-28-50/h4-6,8-19,22-37,41-43H,7,20-21,38-40H2,1-3H3/b24-22-,44-41+,46-4+. The second kappa shape index (κ2) is 16.3. The molecule has 0 aliphatic heterocycles. The topological polar surface area (TPSA) is 3.24 Å². The minimum absolute atomic E-state index is 0.161. The Morgan fingerprint density at radius 3 is 1.88 bits per heavy atom. The molecule has 0 amide bonds. The fourth-order valence-electron chi connectivity index (χ4n) is 12.0. The predicted octanol–water partition coefficient (Wildman–Crippen LogP) is 16.4. The highest BCUT2D eigenvalue weighted by Gasteiger charge is 2.46. The van der Waals surface area contributed by atoms with Crippen molar-refractivity contribution in [2.75, 3.05) is 11.4 Å². The van der Waals surface area contributed by atoms with Gasteiger partial charge in [0.1, 0.15) is 0 Å². The first-order valence-electron chi connectivity index (χ1n) is 23.4. The average Bonchev–Trinajstić information content (AvgIpc) is 3.76. The van der Waals surface area contributed by atoms with Crippen LogP contribution in [0, 0.1) is 0 Å². The zero-order chi connectivity index (χ0) is 43.3. The van der Waals surface area contributed by atoms with E-state index < -0.39 is 5.41 Å². The molecule has 1 nitrogen and oxygen atoms in total. The molecule has 3 aliphatic carbocycles. The third kappa shape index (κ3) is 6.28. The molecule has 3 aliphatic rings. The van der Waals surface area contributed by atoms with E-state index in [0.717, 1.165) is 0 Å². The molecular weight excluding hydrogens is 771 g/mol. The van der Waals surface area contributed by atoms with Gasteiger partial charge in [-0.15, -0.1) is 0 Å². The van der Waals surface area contributed by atoms with Crippen LogP contribution in [0.25, 0.3) is 43.8 Å². The molecule has 0 radical (unpaired) electrons. The van der Waals surface area contributed by atoms with Crippen LogP contribution in [0.5, 0.6) is 0 Å². The van der Waals surface area contributed by atoms with Gasteiger partial charge in [0.25, 0.3) is 0 Å². The van der Waals surface area contributed by atoms with E-state index in [-0.39, 0.29) is 5.41 Å². The van der Waals surface area contributed by atoms with Crippen LogP contribution in [0.2, 0.25) is 0 Å². The van der Waals surface area contributed by atoms with Crippen molar-refractivity contribution in [3.63, 3.8) is 0 Å². The first-order chi connectivity index (χ1) is 31.5. The summed E-state index contributed by atoms with van der Waals surface area (Å²) in [6.07, 6.45) is 16.0. The van der Waals surface area contributed by atoms with Crippen molar-refractivity contribution in [2.45, 2.75) is 63.7 Å². The molecule has 11 rings (SSSR count). The lowest BCUT2D eigenvalue weighted by atomic mass is 9.66. The first kappa shape index (κ1) is 39.9. The number of nitrogens with zero attached hydrogens (tertiary/aromatic N) is 1. The molecule has 0 aromatic heterocycles. The van der Waals surface area contributed by atoms with Crippen molar-refractivity contribution in [1.29, 1.82) is 0 Å². The molecular formula is C63H55N. The monoisotopic (exact) mass is 825 g/mol. The van der Waals surface area contributed by atoms with Crippen molar-refractivity contribution in [3.8, 4) is 11.1 Å². The summed E-state index contributed by atoms with van der Waals surface area (Å²) in [6.45, 7) is 7.52. The third-order valence-corrected chi connectivity index (χ3v) is 15.0. The summed E-state index contributed by atoms with van der Waals surface area (Å²) < 4.78 is 0. The summed E-state index contributed by atoms with van der Waals surface area (Å²) in [5.74, 6) is 0. The quantitative estimate of drug-likeness (QED) is 0.104. The van der Waals surface area contributed by atoms with Gasteiger partial charge in [-0.2, -0.15) is 0 Å². The van der Waals surface area contributed by atoms with Crippen LogP contribution < -0.4 is 4.90 Å². The van der Waals surface area contributed by atoms with Gasteiger partial charge in [-0.25, -0.2) is 0 Å². The van der Waals surface area contributed by atoms with Crippen LogP contribution in [0.1, 0.15) is 91.8 Å². The lowest BCUT2D eigenvalue weighted by Crippen LogP contribution is -2.30. The van der Waals surface area contributed by atoms with Gasteiger partial charge in [0.05, 0.1) is 5.41 Å². The van der Waals surface area contributed by atoms with Gasteiger partial charge < -0.3 is 4.90 Å². The van der Waals surface area contributed by atoms with E-state index in [1.54, 1.807) is 5.56 Å². The highest BCUT2D eigenvalue weighted by molar-refractivity contribution is 6.13. The molecule has 64 heavy (non-hydrogen) atoms. The maximum Gasteiger partial charge on any atom is 0.0710 e. The maximum atomic E-state index is 2.55. The van der Waals surface area contributed by atoms with Crippen molar-refractivity contribution in [1.82, 2.24) is 0 Å². The van der Waals surface area contributed by atoms with Crippen LogP contribution in [0.15, 0.2) is 218 Å². The number of hydrogen-bond donors (Lipinski definition) is 0. The van der Waals surface area contributed by atoms with E-state index in [4.69, 9.17) is 0 Å². The average molecular weight is 826 g/mol. The Balaban J connectivity index is 1.05. The van der Waals surface area contributed by atoms with Crippen LogP contribution in [0.3, 0.4) is 0 Å². The molecule has 0 N–H and O–H groups in total. The van der Waals surface area contributed by atoms with Crippen molar-refractivity contribution >= 4 is 38.4 Å². The van der Waals surface area contributed by atoms with Gasteiger partial charge in [0, 0.05) is 28.7 Å². The van der Waals surface area contributed by atoms with Crippen LogP contribution in [0.4, 0.5) is 5.69 Å². The van der Waals surface area contributed by atoms with E-state index in [9.17, 15) is 0 Å². The van der Waals surface area contributed by atoms with Gasteiger partial charge in [-0.05, 0) is 135 Å². The number of rotatable bonds is 9. The number of anilines is 1. The number of fused-ring (bicyclic) bond motifs is 9. The summed E-state index contributed by atoms with van der Waals surface area (Å²) in [7, 11) is 0. The van der Waals surface area contributed by atoms with Crippen LogP contribution in [-0.2, 0) is 10.8 Å². The van der Waals surface area contributed by atoms with E-state index in [1.807, 2.05) is 0 Å². The molecule has 1 spiro atoms. The Morgan fingerprint density at radius 1 is 0.562 bits per heavy atom. The number of allylic oxidation sites excluding steroid dienone is 7. The van der Waals surface area contributed by atoms with Crippen molar-refractivity contribution in [3.05, 3.63) is 257 Å². The Bertz CT molecular complexity index is 3150. The first-order valence-corrected chi connectivity index (χ1v) is 23.4. The minimum atomic E-state index is -0.488. The second-order valence-electron chi connectivity index (χ2n) is 18.2. The van der Waals surface area contributed by atoms with Crippen molar-refractivity contribution in [2.24, 2.45) is 0 Å². The van der Waals surface area contributed by atoms with E-state index >= 15 is 0 Å². The summed E-state index contributed by atoms with van der Waals surface area (Å²) in [6, 6.07) is 68.1. The molecule has 0 saturated heterocycles. The molecule has 8 aromatic carbocycles.